The molecular formula is C28H32ClN3. The number of halogens is 1. The molecule has 1 heterocycles. The third-order valence-corrected chi connectivity index (χ3v) is 5.18. The lowest BCUT2D eigenvalue weighted by molar-refractivity contribution is 1.14. The van der Waals surface area contributed by atoms with Gasteiger partial charge in [0.05, 0.1) is 5.71 Å². The van der Waals surface area contributed by atoms with Gasteiger partial charge in [0.1, 0.15) is 0 Å². The summed E-state index contributed by atoms with van der Waals surface area (Å²) in [5.41, 5.74) is 7.21. The molecule has 0 amide bonds. The molecule has 3 nitrogen and oxygen atoms in total. The number of aliphatic imine (C=N–C) groups is 1. The lowest BCUT2D eigenvalue weighted by atomic mass is 9.92. The Morgan fingerprint density at radius 1 is 1.12 bits per heavy atom. The van der Waals surface area contributed by atoms with E-state index in [1.165, 1.54) is 0 Å². The van der Waals surface area contributed by atoms with Crippen LogP contribution in [0.15, 0.2) is 89.2 Å². The van der Waals surface area contributed by atoms with E-state index in [2.05, 4.69) is 23.2 Å². The summed E-state index contributed by atoms with van der Waals surface area (Å²) in [6, 6.07) is 11.6. The van der Waals surface area contributed by atoms with Crippen molar-refractivity contribution in [3.63, 3.8) is 0 Å². The monoisotopic (exact) mass is 445 g/mol. The van der Waals surface area contributed by atoms with Gasteiger partial charge < -0.3 is 0 Å². The second-order valence-electron chi connectivity index (χ2n) is 7.40. The van der Waals surface area contributed by atoms with Crippen molar-refractivity contribution in [2.24, 2.45) is 4.99 Å². The standard InChI is InChI=1S/C26H26ClN3.C2H6/c1-18-7-5-4-6-8-24(18)26(28)25(22-11-13-23(27)14-12-22)17-30-20(3)15-21-10-9-19(2)29-16-21;1-2/h4,6-14,16-17,28H,5,15H2,1-3H3;1-2H3/b25-17-,28-26?,30-20?;. The first-order valence-electron chi connectivity index (χ1n) is 11.0. The van der Waals surface area contributed by atoms with E-state index in [0.717, 1.165) is 52.1 Å². The second kappa shape index (κ2) is 12.7. The SMILES string of the molecule is CC.CC1=CCC=CC=C1C(=N)/C(=C\N=C(C)Cc1ccc(C)nc1)c1ccc(Cl)cc1. The van der Waals surface area contributed by atoms with E-state index >= 15 is 0 Å². The molecule has 0 fully saturated rings. The van der Waals surface area contributed by atoms with Crippen LogP contribution in [-0.4, -0.2) is 16.4 Å². The molecule has 0 bridgehead atoms. The van der Waals surface area contributed by atoms with Gasteiger partial charge in [0.15, 0.2) is 0 Å². The molecule has 1 aromatic heterocycles. The van der Waals surface area contributed by atoms with E-state index in [-0.39, 0.29) is 0 Å². The van der Waals surface area contributed by atoms with Gasteiger partial charge in [-0.25, -0.2) is 0 Å². The van der Waals surface area contributed by atoms with Crippen molar-refractivity contribution in [1.82, 2.24) is 4.98 Å². The second-order valence-corrected chi connectivity index (χ2v) is 7.84. The molecule has 1 aliphatic carbocycles. The van der Waals surface area contributed by atoms with E-state index in [0.29, 0.717) is 10.7 Å². The molecule has 2 aromatic rings. The zero-order valence-electron chi connectivity index (χ0n) is 19.6. The van der Waals surface area contributed by atoms with Crippen LogP contribution in [0.5, 0.6) is 0 Å². The molecule has 0 aliphatic heterocycles. The Bertz CT molecular complexity index is 1070. The molecule has 1 aliphatic rings. The van der Waals surface area contributed by atoms with Crippen LogP contribution in [0.4, 0.5) is 0 Å². The first-order chi connectivity index (χ1) is 15.4. The van der Waals surface area contributed by atoms with E-state index in [1.807, 2.05) is 83.3 Å². The molecule has 0 unspecified atom stereocenters. The Labute approximate surface area is 197 Å². The molecule has 4 heteroatoms. The maximum Gasteiger partial charge on any atom is 0.0708 e. The highest BCUT2D eigenvalue weighted by atomic mass is 35.5. The van der Waals surface area contributed by atoms with Crippen LogP contribution in [0.1, 0.15) is 50.9 Å². The van der Waals surface area contributed by atoms with E-state index in [4.69, 9.17) is 22.0 Å². The van der Waals surface area contributed by atoms with Crippen LogP contribution in [-0.2, 0) is 6.42 Å². The summed E-state index contributed by atoms with van der Waals surface area (Å²) < 4.78 is 0. The quantitative estimate of drug-likeness (QED) is 0.450. The van der Waals surface area contributed by atoms with Crippen molar-refractivity contribution < 1.29 is 0 Å². The van der Waals surface area contributed by atoms with Gasteiger partial charge in [-0.3, -0.25) is 15.4 Å². The fraction of sp³-hybridized carbons (Fsp3) is 0.250. The minimum Gasteiger partial charge on any atom is -0.300 e. The zero-order chi connectivity index (χ0) is 23.5. The van der Waals surface area contributed by atoms with Crippen LogP contribution >= 0.6 is 11.6 Å². The number of aromatic nitrogens is 1. The summed E-state index contributed by atoms with van der Waals surface area (Å²) in [7, 11) is 0. The Morgan fingerprint density at radius 2 is 1.84 bits per heavy atom. The molecule has 0 radical (unpaired) electrons. The Balaban J connectivity index is 0.00000176. The highest BCUT2D eigenvalue weighted by Crippen LogP contribution is 2.26. The average Bonchev–Trinajstić information content (AvgIpc) is 3.02. The first kappa shape index (κ1) is 25.2. The summed E-state index contributed by atoms with van der Waals surface area (Å²) in [6.07, 6.45) is 13.5. The smallest absolute Gasteiger partial charge is 0.0708 e. The number of hydrogen-bond donors (Lipinski definition) is 1. The number of nitrogens with zero attached hydrogens (tertiary/aromatic N) is 2. The average molecular weight is 446 g/mol. The van der Waals surface area contributed by atoms with Crippen LogP contribution in [0.3, 0.4) is 0 Å². The maximum absolute atomic E-state index is 8.92. The predicted octanol–water partition coefficient (Wildman–Crippen LogP) is 7.97. The largest absolute Gasteiger partial charge is 0.300 e. The Hall–Kier alpha value is -3.04. The number of nitrogens with one attached hydrogen (secondary N) is 1. The fourth-order valence-electron chi connectivity index (χ4n) is 3.19. The van der Waals surface area contributed by atoms with Crippen LogP contribution < -0.4 is 0 Å². The van der Waals surface area contributed by atoms with Gasteiger partial charge in [-0.2, -0.15) is 0 Å². The van der Waals surface area contributed by atoms with E-state index in [1.54, 1.807) is 6.20 Å². The maximum atomic E-state index is 8.92. The minimum atomic E-state index is 0.450. The lowest BCUT2D eigenvalue weighted by Crippen LogP contribution is -2.06. The van der Waals surface area contributed by atoms with Gasteiger partial charge >= 0.3 is 0 Å². The molecule has 0 saturated carbocycles. The van der Waals surface area contributed by atoms with Gasteiger partial charge in [-0.05, 0) is 62.1 Å². The first-order valence-corrected chi connectivity index (χ1v) is 11.4. The fourth-order valence-corrected chi connectivity index (χ4v) is 3.31. The molecule has 0 saturated heterocycles. The van der Waals surface area contributed by atoms with Crippen LogP contribution in [0.25, 0.3) is 5.57 Å². The van der Waals surface area contributed by atoms with Crippen molar-refractivity contribution in [2.45, 2.75) is 47.5 Å². The number of benzene rings is 1. The van der Waals surface area contributed by atoms with Crippen molar-refractivity contribution in [2.75, 3.05) is 0 Å². The van der Waals surface area contributed by atoms with Crippen molar-refractivity contribution >= 4 is 28.6 Å². The zero-order valence-corrected chi connectivity index (χ0v) is 20.4. The summed E-state index contributed by atoms with van der Waals surface area (Å²) in [6.45, 7) is 10.0. The number of rotatable bonds is 6. The molecule has 166 valence electrons. The van der Waals surface area contributed by atoms with Crippen molar-refractivity contribution in [3.05, 3.63) is 106 Å². The summed E-state index contributed by atoms with van der Waals surface area (Å²) in [5, 5.41) is 9.59. The Kier molecular flexibility index (Phi) is 10.0. The molecule has 1 N–H and O–H groups in total. The van der Waals surface area contributed by atoms with E-state index in [9.17, 15) is 0 Å². The number of pyridine rings is 1. The molecule has 32 heavy (non-hydrogen) atoms. The highest BCUT2D eigenvalue weighted by molar-refractivity contribution is 6.33. The number of aryl methyl sites for hydroxylation is 1. The van der Waals surface area contributed by atoms with Gasteiger partial charge in [0, 0.05) is 46.4 Å². The number of hydrogen-bond acceptors (Lipinski definition) is 3. The van der Waals surface area contributed by atoms with E-state index < -0.39 is 0 Å². The summed E-state index contributed by atoms with van der Waals surface area (Å²) in [4.78, 5) is 9.05. The Morgan fingerprint density at radius 3 is 2.50 bits per heavy atom. The van der Waals surface area contributed by atoms with Crippen molar-refractivity contribution in [3.8, 4) is 0 Å². The summed E-state index contributed by atoms with van der Waals surface area (Å²) >= 11 is 6.08. The third-order valence-electron chi connectivity index (χ3n) is 4.92. The highest BCUT2D eigenvalue weighted by Gasteiger charge is 2.15. The normalized spacial score (nSPS) is 14.1. The predicted molar refractivity (Wildman–Crippen MR) is 140 cm³/mol. The third kappa shape index (κ3) is 7.28. The van der Waals surface area contributed by atoms with Gasteiger partial charge in [-0.15, -0.1) is 0 Å². The minimum absolute atomic E-state index is 0.450. The van der Waals surface area contributed by atoms with Crippen LogP contribution in [0.2, 0.25) is 5.02 Å². The molecule has 1 aromatic carbocycles. The molecule has 3 rings (SSSR count). The molecule has 0 atom stereocenters. The van der Waals surface area contributed by atoms with Gasteiger partial charge in [-0.1, -0.05) is 68.0 Å². The van der Waals surface area contributed by atoms with Crippen molar-refractivity contribution in [1.29, 1.82) is 5.41 Å². The van der Waals surface area contributed by atoms with Gasteiger partial charge in [0.25, 0.3) is 0 Å². The molecular weight excluding hydrogens is 414 g/mol. The molecule has 0 spiro atoms. The van der Waals surface area contributed by atoms with Crippen LogP contribution in [0, 0.1) is 12.3 Å². The van der Waals surface area contributed by atoms with Gasteiger partial charge in [0.2, 0.25) is 0 Å². The summed E-state index contributed by atoms with van der Waals surface area (Å²) in [5.74, 6) is 0. The topological polar surface area (TPSA) is 49.1 Å². The lowest BCUT2D eigenvalue weighted by Gasteiger charge is -2.13. The number of allylic oxidation sites excluding steroid dienone is 7.